The average molecular weight is 333 g/mol. The minimum Gasteiger partial charge on any atom is -0.466 e. The van der Waals surface area contributed by atoms with Crippen LogP contribution in [0, 0.1) is 6.92 Å². The molecule has 24 heavy (non-hydrogen) atoms. The number of nitrogens with one attached hydrogen (secondary N) is 1. The molecule has 0 fully saturated rings. The summed E-state index contributed by atoms with van der Waals surface area (Å²) in [5.74, 6) is -0.869. The fourth-order valence-electron chi connectivity index (χ4n) is 2.73. The number of amides is 1. The molecule has 1 aromatic rings. The number of aliphatic hydroxyl groups excluding tert-OH is 1. The summed E-state index contributed by atoms with van der Waals surface area (Å²) < 4.78 is 4.77. The van der Waals surface area contributed by atoms with Crippen LogP contribution in [0.2, 0.25) is 0 Å². The van der Waals surface area contributed by atoms with Crippen molar-refractivity contribution in [1.82, 2.24) is 4.90 Å². The van der Waals surface area contributed by atoms with Crippen LogP contribution in [-0.4, -0.2) is 62.8 Å². The first kappa shape index (κ1) is 17.8. The molecule has 0 unspecified atom stereocenters. The number of carbonyl (C=O) groups excluding carboxylic acids is 2. The van der Waals surface area contributed by atoms with Crippen LogP contribution in [0.15, 0.2) is 29.5 Å². The zero-order chi connectivity index (χ0) is 17.9. The molecule has 1 aliphatic rings. The molecular formula is C17H23N3O4. The van der Waals surface area contributed by atoms with Gasteiger partial charge in [-0.15, -0.1) is 0 Å². The van der Waals surface area contributed by atoms with E-state index in [-0.39, 0.29) is 36.9 Å². The number of esters is 1. The molecule has 2 rings (SSSR count). The summed E-state index contributed by atoms with van der Waals surface area (Å²) in [6.07, 6.45) is 0. The zero-order valence-corrected chi connectivity index (χ0v) is 14.4. The van der Waals surface area contributed by atoms with Gasteiger partial charge in [0.2, 0.25) is 0 Å². The zero-order valence-electron chi connectivity index (χ0n) is 14.4. The van der Waals surface area contributed by atoms with Crippen molar-refractivity contribution in [2.45, 2.75) is 6.92 Å². The monoisotopic (exact) mass is 333 g/mol. The molecule has 0 saturated carbocycles. The van der Waals surface area contributed by atoms with E-state index in [1.54, 1.807) is 0 Å². The van der Waals surface area contributed by atoms with Crippen molar-refractivity contribution in [3.05, 3.63) is 35.0 Å². The molecule has 130 valence electrons. The Balaban J connectivity index is 2.31. The number of hydrogen-bond donors (Lipinski definition) is 2. The van der Waals surface area contributed by atoms with Gasteiger partial charge in [0.1, 0.15) is 5.70 Å². The van der Waals surface area contributed by atoms with E-state index in [4.69, 9.17) is 9.84 Å². The Morgan fingerprint density at radius 1 is 1.42 bits per heavy atom. The Labute approximate surface area is 141 Å². The van der Waals surface area contributed by atoms with Gasteiger partial charge in [-0.2, -0.15) is 0 Å². The average Bonchev–Trinajstić information content (AvgIpc) is 2.84. The highest BCUT2D eigenvalue weighted by atomic mass is 16.5. The smallest absolute Gasteiger partial charge is 0.337 e. The molecular weight excluding hydrogens is 310 g/mol. The van der Waals surface area contributed by atoms with Crippen LogP contribution in [0.1, 0.15) is 5.56 Å². The van der Waals surface area contributed by atoms with E-state index in [0.717, 1.165) is 11.3 Å². The lowest BCUT2D eigenvalue weighted by molar-refractivity contribution is -0.136. The Hall–Kier alpha value is -2.54. The molecule has 1 aromatic carbocycles. The highest BCUT2D eigenvalue weighted by Crippen LogP contribution is 2.26. The highest BCUT2D eigenvalue weighted by molar-refractivity contribution is 6.08. The van der Waals surface area contributed by atoms with Crippen molar-refractivity contribution in [2.24, 2.45) is 0 Å². The Morgan fingerprint density at radius 2 is 2.12 bits per heavy atom. The summed E-state index contributed by atoms with van der Waals surface area (Å²) in [5.41, 5.74) is 3.30. The highest BCUT2D eigenvalue weighted by Gasteiger charge is 2.34. The number of rotatable bonds is 6. The molecule has 7 heteroatoms. The number of aliphatic hydroxyl groups is 1. The van der Waals surface area contributed by atoms with Gasteiger partial charge < -0.3 is 25.0 Å². The first-order chi connectivity index (χ1) is 11.4. The van der Waals surface area contributed by atoms with Crippen molar-refractivity contribution in [2.75, 3.05) is 51.1 Å². The van der Waals surface area contributed by atoms with Gasteiger partial charge >= 0.3 is 5.97 Å². The molecule has 1 amide bonds. The topological polar surface area (TPSA) is 82.1 Å². The molecule has 1 heterocycles. The van der Waals surface area contributed by atoms with Gasteiger partial charge in [-0.3, -0.25) is 4.79 Å². The Kier molecular flexibility index (Phi) is 5.46. The second-order valence-electron chi connectivity index (χ2n) is 5.82. The quantitative estimate of drug-likeness (QED) is 0.747. The predicted molar refractivity (Wildman–Crippen MR) is 91.8 cm³/mol. The minimum absolute atomic E-state index is 0.128. The van der Waals surface area contributed by atoms with Gasteiger partial charge in [-0.25, -0.2) is 4.79 Å². The lowest BCUT2D eigenvalue weighted by atomic mass is 10.1. The standard InChI is InChI=1S/C17H23N3O4/c1-11-9-12(5-6-14(11)19(2)3)18-15-13(17(23)24-4)10-20(7-8-21)16(15)22/h5-6,9,18,21H,7-8,10H2,1-4H3. The van der Waals surface area contributed by atoms with Crippen molar-refractivity contribution in [1.29, 1.82) is 0 Å². The third-order valence-corrected chi connectivity index (χ3v) is 3.90. The van der Waals surface area contributed by atoms with E-state index in [0.29, 0.717) is 5.69 Å². The van der Waals surface area contributed by atoms with Crippen LogP contribution in [-0.2, 0) is 14.3 Å². The van der Waals surface area contributed by atoms with Crippen molar-refractivity contribution in [3.63, 3.8) is 0 Å². The van der Waals surface area contributed by atoms with Gasteiger partial charge in [0, 0.05) is 32.0 Å². The Bertz CT molecular complexity index is 682. The van der Waals surface area contributed by atoms with Crippen LogP contribution < -0.4 is 10.2 Å². The largest absolute Gasteiger partial charge is 0.466 e. The first-order valence-electron chi connectivity index (χ1n) is 7.65. The molecule has 0 aromatic heterocycles. The number of benzene rings is 1. The molecule has 0 aliphatic carbocycles. The second kappa shape index (κ2) is 7.35. The van der Waals surface area contributed by atoms with Crippen LogP contribution in [0.3, 0.4) is 0 Å². The van der Waals surface area contributed by atoms with E-state index >= 15 is 0 Å². The van der Waals surface area contributed by atoms with Crippen molar-refractivity contribution < 1.29 is 19.4 Å². The summed E-state index contributed by atoms with van der Waals surface area (Å²) in [6.45, 7) is 2.11. The maximum Gasteiger partial charge on any atom is 0.337 e. The molecule has 0 atom stereocenters. The maximum absolute atomic E-state index is 12.5. The molecule has 0 bridgehead atoms. The molecule has 2 N–H and O–H groups in total. The number of anilines is 2. The maximum atomic E-state index is 12.5. The first-order valence-corrected chi connectivity index (χ1v) is 7.65. The van der Waals surface area contributed by atoms with Gasteiger partial charge in [-0.1, -0.05) is 0 Å². The summed E-state index contributed by atoms with van der Waals surface area (Å²) in [7, 11) is 5.20. The molecule has 1 aliphatic heterocycles. The SMILES string of the molecule is COC(=O)C1=C(Nc2ccc(N(C)C)c(C)c2)C(=O)N(CCO)C1. The van der Waals surface area contributed by atoms with Crippen LogP contribution in [0.4, 0.5) is 11.4 Å². The predicted octanol–water partition coefficient (Wildman–Crippen LogP) is 0.735. The number of hydrogen-bond acceptors (Lipinski definition) is 6. The number of aryl methyl sites for hydroxylation is 1. The van der Waals surface area contributed by atoms with Crippen molar-refractivity contribution >= 4 is 23.3 Å². The van der Waals surface area contributed by atoms with E-state index in [9.17, 15) is 9.59 Å². The van der Waals surface area contributed by atoms with E-state index in [2.05, 4.69) is 5.32 Å². The van der Waals surface area contributed by atoms with Crippen LogP contribution in [0.25, 0.3) is 0 Å². The van der Waals surface area contributed by atoms with Gasteiger partial charge in [0.05, 0.1) is 25.8 Å². The van der Waals surface area contributed by atoms with Gasteiger partial charge in [0.15, 0.2) is 0 Å². The summed E-state index contributed by atoms with van der Waals surface area (Å²) in [4.78, 5) is 27.8. The third-order valence-electron chi connectivity index (χ3n) is 3.90. The molecule has 0 spiro atoms. The Morgan fingerprint density at radius 3 is 2.67 bits per heavy atom. The number of nitrogens with zero attached hydrogens (tertiary/aromatic N) is 2. The summed E-state index contributed by atoms with van der Waals surface area (Å²) in [6, 6.07) is 5.71. The van der Waals surface area contributed by atoms with Gasteiger partial charge in [-0.05, 0) is 30.7 Å². The molecule has 0 saturated heterocycles. The van der Waals surface area contributed by atoms with Crippen molar-refractivity contribution in [3.8, 4) is 0 Å². The number of β-amino-alcohol motifs (C(OH)–C–C–N with tert-alkyl or cyclic N) is 1. The van der Waals surface area contributed by atoms with Crippen LogP contribution in [0.5, 0.6) is 0 Å². The fraction of sp³-hybridized carbons (Fsp3) is 0.412. The normalized spacial score (nSPS) is 14.2. The minimum atomic E-state index is -0.548. The second-order valence-corrected chi connectivity index (χ2v) is 5.82. The number of methoxy groups -OCH3 is 1. The fourth-order valence-corrected chi connectivity index (χ4v) is 2.73. The van der Waals surface area contributed by atoms with E-state index < -0.39 is 5.97 Å². The number of ether oxygens (including phenoxy) is 1. The molecule has 0 radical (unpaired) electrons. The lowest BCUT2D eigenvalue weighted by Crippen LogP contribution is -2.31. The summed E-state index contributed by atoms with van der Waals surface area (Å²) in [5, 5.41) is 12.1. The lowest BCUT2D eigenvalue weighted by Gasteiger charge is -2.18. The number of carbonyl (C=O) groups is 2. The molecule has 7 nitrogen and oxygen atoms in total. The summed E-state index contributed by atoms with van der Waals surface area (Å²) >= 11 is 0. The van der Waals surface area contributed by atoms with E-state index in [1.807, 2.05) is 44.1 Å². The third kappa shape index (κ3) is 3.51. The van der Waals surface area contributed by atoms with E-state index in [1.165, 1.54) is 12.0 Å². The van der Waals surface area contributed by atoms with Gasteiger partial charge in [0.25, 0.3) is 5.91 Å². The van der Waals surface area contributed by atoms with Crippen LogP contribution >= 0.6 is 0 Å².